The highest BCUT2D eigenvalue weighted by Gasteiger charge is 2.21. The third kappa shape index (κ3) is 4.00. The number of aryl methyl sites for hydroxylation is 3. The van der Waals surface area contributed by atoms with E-state index in [1.165, 1.54) is 33.4 Å². The summed E-state index contributed by atoms with van der Waals surface area (Å²) in [6.45, 7) is 8.82. The van der Waals surface area contributed by atoms with E-state index in [1.54, 1.807) is 16.2 Å². The molecule has 4 rings (SSSR count). The van der Waals surface area contributed by atoms with Crippen LogP contribution in [-0.4, -0.2) is 18.3 Å². The molecule has 3 heterocycles. The first-order valence-electron chi connectivity index (χ1n) is 10.6. The van der Waals surface area contributed by atoms with E-state index in [1.807, 2.05) is 26.5 Å². The first kappa shape index (κ1) is 20.9. The van der Waals surface area contributed by atoms with Crippen LogP contribution < -0.4 is 14.8 Å². The summed E-state index contributed by atoms with van der Waals surface area (Å²) >= 11 is 0. The van der Waals surface area contributed by atoms with E-state index in [4.69, 9.17) is 0 Å². The Kier molecular flexibility index (Phi) is 5.43. The molecule has 7 nitrogen and oxygen atoms in total. The average molecular weight is 421 g/mol. The molecule has 0 amide bonds. The third-order valence-electron chi connectivity index (χ3n) is 6.39. The van der Waals surface area contributed by atoms with Gasteiger partial charge in [0.2, 0.25) is 12.7 Å². The van der Waals surface area contributed by atoms with E-state index < -0.39 is 0 Å². The average Bonchev–Trinajstić information content (AvgIpc) is 3.42. The summed E-state index contributed by atoms with van der Waals surface area (Å²) in [5.74, 6) is 0. The van der Waals surface area contributed by atoms with Crippen LogP contribution in [0.25, 0.3) is 0 Å². The predicted molar refractivity (Wildman–Crippen MR) is 119 cm³/mol. The van der Waals surface area contributed by atoms with Crippen molar-refractivity contribution in [1.82, 2.24) is 18.3 Å². The van der Waals surface area contributed by atoms with Gasteiger partial charge in [0.1, 0.15) is 37.9 Å². The quantitative estimate of drug-likeness (QED) is 0.436. The smallest absolute Gasteiger partial charge is 0.302 e. The summed E-state index contributed by atoms with van der Waals surface area (Å²) < 4.78 is 12.0. The minimum absolute atomic E-state index is 0.0114. The first-order chi connectivity index (χ1) is 14.7. The lowest BCUT2D eigenvalue weighted by Gasteiger charge is -2.21. The maximum atomic E-state index is 12.5. The van der Waals surface area contributed by atoms with Crippen molar-refractivity contribution in [2.75, 3.05) is 0 Å². The largest absolute Gasteiger partial charge is 0.328 e. The predicted octanol–water partition coefficient (Wildman–Crippen LogP) is 1.51. The normalized spacial score (nSPS) is 11.4. The molecule has 7 heteroatoms. The van der Waals surface area contributed by atoms with Gasteiger partial charge >= 0.3 is 5.69 Å². The summed E-state index contributed by atoms with van der Waals surface area (Å²) in [7, 11) is 5.87. The van der Waals surface area contributed by atoms with Crippen molar-refractivity contribution in [3.63, 3.8) is 0 Å². The monoisotopic (exact) mass is 420 g/mol. The zero-order valence-corrected chi connectivity index (χ0v) is 19.3. The van der Waals surface area contributed by atoms with Gasteiger partial charge in [-0.05, 0) is 43.0 Å². The maximum absolute atomic E-state index is 12.5. The van der Waals surface area contributed by atoms with E-state index in [-0.39, 0.29) is 5.69 Å². The summed E-state index contributed by atoms with van der Waals surface area (Å²) in [6, 6.07) is 0. The third-order valence-corrected chi connectivity index (χ3v) is 6.39. The second kappa shape index (κ2) is 8.06. The summed E-state index contributed by atoms with van der Waals surface area (Å²) in [5, 5.41) is 0. The Morgan fingerprint density at radius 3 is 1.52 bits per heavy atom. The number of nitrogens with zero attached hydrogens (tertiary/aromatic N) is 6. The Labute approximate surface area is 183 Å². The van der Waals surface area contributed by atoms with Gasteiger partial charge in [-0.1, -0.05) is 0 Å². The standard InChI is InChI=1S/C24H32N6O/c1-18-21(13-28-10-7-25(4)16-28)19(2)23(15-30-12-9-27(6)24(30)31)20(3)22(18)14-29-11-8-26(5)17-29/h7-12,16-17H,13-15H2,1-6H3/q+2. The molecule has 0 fully saturated rings. The lowest BCUT2D eigenvalue weighted by molar-refractivity contribution is -0.671. The molecule has 0 aliphatic carbocycles. The van der Waals surface area contributed by atoms with Crippen LogP contribution in [0.1, 0.15) is 33.4 Å². The molecule has 1 aromatic carbocycles. The highest BCUT2D eigenvalue weighted by atomic mass is 16.1. The molecule has 0 N–H and O–H groups in total. The molecule has 0 spiro atoms. The molecule has 4 aromatic rings. The van der Waals surface area contributed by atoms with Crippen LogP contribution in [0.15, 0.2) is 54.6 Å². The topological polar surface area (TPSA) is 44.5 Å². The van der Waals surface area contributed by atoms with Crippen LogP contribution in [0.5, 0.6) is 0 Å². The molecule has 0 radical (unpaired) electrons. The zero-order chi connectivity index (χ0) is 22.3. The Balaban J connectivity index is 1.85. The van der Waals surface area contributed by atoms with Crippen LogP contribution in [-0.2, 0) is 40.8 Å². The molecule has 0 bridgehead atoms. The van der Waals surface area contributed by atoms with Gasteiger partial charge in [0.05, 0.1) is 20.6 Å². The van der Waals surface area contributed by atoms with Crippen molar-refractivity contribution < 1.29 is 9.13 Å². The van der Waals surface area contributed by atoms with Gasteiger partial charge < -0.3 is 4.57 Å². The number of hydrogen-bond donors (Lipinski definition) is 0. The summed E-state index contributed by atoms with van der Waals surface area (Å²) in [4.78, 5) is 12.5. The SMILES string of the molecule is Cc1c(Cn2cc[n+](C)c2)c(C)c(Cn2ccn(C)c2=O)c(C)c1Cn1cc[n+](C)c1. The molecule has 31 heavy (non-hydrogen) atoms. The second-order valence-electron chi connectivity index (χ2n) is 8.63. The highest BCUT2D eigenvalue weighted by molar-refractivity contribution is 5.51. The number of aromatic nitrogens is 6. The molecule has 0 aliphatic rings. The van der Waals surface area contributed by atoms with E-state index in [2.05, 4.69) is 76.5 Å². The summed E-state index contributed by atoms with van der Waals surface area (Å²) in [6.07, 6.45) is 16.2. The first-order valence-corrected chi connectivity index (χ1v) is 10.6. The fourth-order valence-electron chi connectivity index (χ4n) is 4.46. The lowest BCUT2D eigenvalue weighted by Crippen LogP contribution is -2.25. The highest BCUT2D eigenvalue weighted by Crippen LogP contribution is 2.29. The molecule has 0 atom stereocenters. The number of rotatable bonds is 6. The van der Waals surface area contributed by atoms with Crippen LogP contribution in [0.2, 0.25) is 0 Å². The second-order valence-corrected chi connectivity index (χ2v) is 8.63. The number of imidazole rings is 3. The van der Waals surface area contributed by atoms with E-state index in [0.29, 0.717) is 6.54 Å². The maximum Gasteiger partial charge on any atom is 0.328 e. The molecule has 0 unspecified atom stereocenters. The summed E-state index contributed by atoms with van der Waals surface area (Å²) in [5.41, 5.74) is 7.76. The minimum atomic E-state index is 0.0114. The minimum Gasteiger partial charge on any atom is -0.302 e. The van der Waals surface area contributed by atoms with Crippen molar-refractivity contribution >= 4 is 0 Å². The van der Waals surface area contributed by atoms with Crippen molar-refractivity contribution in [3.8, 4) is 0 Å². The van der Waals surface area contributed by atoms with Crippen molar-refractivity contribution in [3.05, 3.63) is 93.7 Å². The number of benzene rings is 1. The molecule has 0 saturated heterocycles. The Bertz CT molecular complexity index is 1230. The number of hydrogen-bond acceptors (Lipinski definition) is 1. The van der Waals surface area contributed by atoms with Gasteiger partial charge in [-0.25, -0.2) is 23.1 Å². The van der Waals surface area contributed by atoms with Gasteiger partial charge in [0.15, 0.2) is 0 Å². The van der Waals surface area contributed by atoms with Gasteiger partial charge in [0.25, 0.3) is 0 Å². The lowest BCUT2D eigenvalue weighted by atomic mass is 9.87. The van der Waals surface area contributed by atoms with E-state index in [0.717, 1.165) is 13.1 Å². The van der Waals surface area contributed by atoms with Crippen LogP contribution in [0.3, 0.4) is 0 Å². The van der Waals surface area contributed by atoms with Crippen molar-refractivity contribution in [1.29, 1.82) is 0 Å². The van der Waals surface area contributed by atoms with Gasteiger partial charge in [0, 0.05) is 30.6 Å². The fraction of sp³-hybridized carbons (Fsp3) is 0.375. The molecule has 0 aliphatic heterocycles. The van der Waals surface area contributed by atoms with Crippen molar-refractivity contribution in [2.24, 2.45) is 21.1 Å². The van der Waals surface area contributed by atoms with Crippen LogP contribution in [0, 0.1) is 20.8 Å². The Hall–Kier alpha value is -3.35. The van der Waals surface area contributed by atoms with E-state index >= 15 is 0 Å². The fourth-order valence-corrected chi connectivity index (χ4v) is 4.46. The Morgan fingerprint density at radius 1 is 0.710 bits per heavy atom. The molecule has 3 aromatic heterocycles. The van der Waals surface area contributed by atoms with Crippen LogP contribution >= 0.6 is 0 Å². The Morgan fingerprint density at radius 2 is 1.16 bits per heavy atom. The van der Waals surface area contributed by atoms with E-state index in [9.17, 15) is 4.79 Å². The zero-order valence-electron chi connectivity index (χ0n) is 19.3. The molecule has 162 valence electrons. The molecular weight excluding hydrogens is 388 g/mol. The van der Waals surface area contributed by atoms with Crippen LogP contribution in [0.4, 0.5) is 0 Å². The molecular formula is C24H32N6O+2. The van der Waals surface area contributed by atoms with Gasteiger partial charge in [-0.2, -0.15) is 0 Å². The van der Waals surface area contributed by atoms with Gasteiger partial charge in [-0.3, -0.25) is 4.57 Å². The van der Waals surface area contributed by atoms with Crippen molar-refractivity contribution in [2.45, 2.75) is 40.4 Å². The van der Waals surface area contributed by atoms with Gasteiger partial charge in [-0.15, -0.1) is 0 Å². The molecule has 0 saturated carbocycles.